The molecule has 0 aromatic carbocycles. The number of ether oxygens (including phenoxy) is 4. The van der Waals surface area contributed by atoms with Crippen LogP contribution in [-0.4, -0.2) is 48.3 Å². The lowest BCUT2D eigenvalue weighted by molar-refractivity contribution is -0.157. The molecule has 0 radical (unpaired) electrons. The molecule has 0 saturated carbocycles. The lowest BCUT2D eigenvalue weighted by atomic mass is 9.99. The van der Waals surface area contributed by atoms with Crippen molar-refractivity contribution in [1.82, 2.24) is 0 Å². The minimum Gasteiger partial charge on any atom is -0.463 e. The molecule has 0 aliphatic carbocycles. The second kappa shape index (κ2) is 10.6. The van der Waals surface area contributed by atoms with Crippen molar-refractivity contribution in [1.29, 1.82) is 0 Å². The molecule has 1 heterocycles. The van der Waals surface area contributed by atoms with E-state index in [1.807, 2.05) is 0 Å². The first-order chi connectivity index (χ1) is 12.2. The number of carbonyl (C=O) groups excluding carboxylic acids is 4. The molecule has 1 aliphatic heterocycles. The summed E-state index contributed by atoms with van der Waals surface area (Å²) in [6.45, 7) is 5.54. The van der Waals surface area contributed by atoms with Gasteiger partial charge in [-0.3, -0.25) is 14.4 Å². The van der Waals surface area contributed by atoms with Gasteiger partial charge in [-0.05, 0) is 6.92 Å². The average Bonchev–Trinajstić information content (AvgIpc) is 2.44. The van der Waals surface area contributed by atoms with E-state index in [9.17, 15) is 19.2 Å². The zero-order chi connectivity index (χ0) is 19.7. The molecule has 26 heavy (non-hydrogen) atoms. The fourth-order valence-corrected chi connectivity index (χ4v) is 2.85. The Labute approximate surface area is 152 Å². The fourth-order valence-electron chi connectivity index (χ4n) is 2.85. The Bertz CT molecular complexity index is 553. The normalized spacial score (nSPS) is 19.7. The first-order valence-electron chi connectivity index (χ1n) is 8.54. The highest BCUT2D eigenvalue weighted by Gasteiger charge is 2.28. The monoisotopic (exact) mass is 370 g/mol. The zero-order valence-corrected chi connectivity index (χ0v) is 15.6. The topological polar surface area (TPSA) is 105 Å². The summed E-state index contributed by atoms with van der Waals surface area (Å²) in [5.74, 6) is -1.85. The standard InChI is InChI=1S/C18H26O8/c1-11(23-12(2)19)8-16(24-13(3)20)10-17(25-14(4)21)9-15-6-5-7-18(22)26-15/h5,7,11,15-17H,6,8-10H2,1-4H3/t11-,15+,16-,17+/m0/s1. The second-order valence-corrected chi connectivity index (χ2v) is 6.29. The van der Waals surface area contributed by atoms with E-state index in [4.69, 9.17) is 18.9 Å². The molecule has 0 saturated heterocycles. The predicted molar refractivity (Wildman–Crippen MR) is 89.8 cm³/mol. The maximum atomic E-state index is 11.4. The number of cyclic esters (lactones) is 1. The molecule has 0 N–H and O–H groups in total. The highest BCUT2D eigenvalue weighted by Crippen LogP contribution is 2.21. The van der Waals surface area contributed by atoms with E-state index in [0.29, 0.717) is 6.42 Å². The van der Waals surface area contributed by atoms with Crippen molar-refractivity contribution in [3.8, 4) is 0 Å². The summed E-state index contributed by atoms with van der Waals surface area (Å²) in [4.78, 5) is 45.2. The third kappa shape index (κ3) is 9.19. The van der Waals surface area contributed by atoms with Gasteiger partial charge in [0.05, 0.1) is 0 Å². The van der Waals surface area contributed by atoms with Gasteiger partial charge in [0.15, 0.2) is 0 Å². The van der Waals surface area contributed by atoms with Crippen LogP contribution in [0.4, 0.5) is 0 Å². The first kappa shape index (κ1) is 21.7. The third-order valence-corrected chi connectivity index (χ3v) is 3.61. The largest absolute Gasteiger partial charge is 0.463 e. The van der Waals surface area contributed by atoms with Crippen molar-refractivity contribution < 1.29 is 38.1 Å². The molecule has 0 unspecified atom stereocenters. The van der Waals surface area contributed by atoms with Crippen LogP contribution in [0.15, 0.2) is 12.2 Å². The van der Waals surface area contributed by atoms with Crippen molar-refractivity contribution in [3.05, 3.63) is 12.2 Å². The molecule has 1 rings (SSSR count). The van der Waals surface area contributed by atoms with Crippen LogP contribution in [-0.2, 0) is 38.1 Å². The molecule has 8 heteroatoms. The number of hydrogen-bond acceptors (Lipinski definition) is 8. The van der Waals surface area contributed by atoms with Crippen molar-refractivity contribution in [2.45, 2.75) is 77.8 Å². The zero-order valence-electron chi connectivity index (χ0n) is 15.6. The summed E-state index contributed by atoms with van der Waals surface area (Å²) in [7, 11) is 0. The molecular weight excluding hydrogens is 344 g/mol. The summed E-state index contributed by atoms with van der Waals surface area (Å²) in [5.41, 5.74) is 0. The highest BCUT2D eigenvalue weighted by atomic mass is 16.6. The number of hydrogen-bond donors (Lipinski definition) is 0. The Morgan fingerprint density at radius 1 is 1.04 bits per heavy atom. The van der Waals surface area contributed by atoms with Crippen LogP contribution in [0.3, 0.4) is 0 Å². The Morgan fingerprint density at radius 2 is 1.62 bits per heavy atom. The molecule has 8 nitrogen and oxygen atoms in total. The molecule has 146 valence electrons. The van der Waals surface area contributed by atoms with Gasteiger partial charge >= 0.3 is 23.9 Å². The van der Waals surface area contributed by atoms with E-state index in [1.54, 1.807) is 13.0 Å². The van der Waals surface area contributed by atoms with Gasteiger partial charge in [0.1, 0.15) is 24.4 Å². The van der Waals surface area contributed by atoms with E-state index in [2.05, 4.69) is 0 Å². The molecule has 0 spiro atoms. The molecule has 0 bridgehead atoms. The fraction of sp³-hybridized carbons (Fsp3) is 0.667. The second-order valence-electron chi connectivity index (χ2n) is 6.29. The molecular formula is C18H26O8. The van der Waals surface area contributed by atoms with Gasteiger partial charge < -0.3 is 18.9 Å². The van der Waals surface area contributed by atoms with Crippen molar-refractivity contribution >= 4 is 23.9 Å². The lowest BCUT2D eigenvalue weighted by Crippen LogP contribution is -2.33. The SMILES string of the molecule is CC(=O)O[C@H](C[C@@H](C[C@H]1CC=CC(=O)O1)OC(C)=O)C[C@H](C)OC(C)=O. The van der Waals surface area contributed by atoms with Crippen molar-refractivity contribution in [2.24, 2.45) is 0 Å². The van der Waals surface area contributed by atoms with E-state index in [1.165, 1.54) is 26.8 Å². The van der Waals surface area contributed by atoms with E-state index in [0.717, 1.165) is 0 Å². The third-order valence-electron chi connectivity index (χ3n) is 3.61. The number of carbonyl (C=O) groups is 4. The van der Waals surface area contributed by atoms with Crippen LogP contribution < -0.4 is 0 Å². The van der Waals surface area contributed by atoms with Crippen molar-refractivity contribution in [3.63, 3.8) is 0 Å². The Balaban J connectivity index is 2.75. The lowest BCUT2D eigenvalue weighted by Gasteiger charge is -2.28. The summed E-state index contributed by atoms with van der Waals surface area (Å²) >= 11 is 0. The van der Waals surface area contributed by atoms with E-state index >= 15 is 0 Å². The average molecular weight is 370 g/mol. The van der Waals surface area contributed by atoms with Crippen LogP contribution in [0.2, 0.25) is 0 Å². The Morgan fingerprint density at radius 3 is 2.15 bits per heavy atom. The van der Waals surface area contributed by atoms with Crippen LogP contribution >= 0.6 is 0 Å². The summed E-state index contributed by atoms with van der Waals surface area (Å²) in [6.07, 6.45) is 2.23. The Hall–Kier alpha value is -2.38. The minimum absolute atomic E-state index is 0.211. The number of rotatable bonds is 9. The molecule has 0 aromatic heterocycles. The van der Waals surface area contributed by atoms with Gasteiger partial charge in [-0.1, -0.05) is 6.08 Å². The van der Waals surface area contributed by atoms with Crippen molar-refractivity contribution in [2.75, 3.05) is 0 Å². The predicted octanol–water partition coefficient (Wildman–Crippen LogP) is 1.84. The summed E-state index contributed by atoms with van der Waals surface area (Å²) in [6, 6.07) is 0. The van der Waals surface area contributed by atoms with Gasteiger partial charge in [-0.15, -0.1) is 0 Å². The van der Waals surface area contributed by atoms with Gasteiger partial charge in [-0.25, -0.2) is 4.79 Å². The quantitative estimate of drug-likeness (QED) is 0.447. The maximum absolute atomic E-state index is 11.4. The van der Waals surface area contributed by atoms with Crippen LogP contribution in [0.1, 0.15) is 53.4 Å². The molecule has 0 amide bonds. The van der Waals surface area contributed by atoms with Gasteiger partial charge in [0.25, 0.3) is 0 Å². The maximum Gasteiger partial charge on any atom is 0.330 e. The van der Waals surface area contributed by atoms with Crippen LogP contribution in [0, 0.1) is 0 Å². The van der Waals surface area contributed by atoms with Gasteiger partial charge in [0.2, 0.25) is 0 Å². The van der Waals surface area contributed by atoms with Crippen LogP contribution in [0.5, 0.6) is 0 Å². The summed E-state index contributed by atoms with van der Waals surface area (Å²) < 4.78 is 20.9. The van der Waals surface area contributed by atoms with E-state index < -0.39 is 48.3 Å². The smallest absolute Gasteiger partial charge is 0.330 e. The molecule has 0 aromatic rings. The first-order valence-corrected chi connectivity index (χ1v) is 8.54. The molecule has 1 aliphatic rings. The Kier molecular flexibility index (Phi) is 8.81. The minimum atomic E-state index is -0.610. The highest BCUT2D eigenvalue weighted by molar-refractivity contribution is 5.82. The van der Waals surface area contributed by atoms with E-state index in [-0.39, 0.29) is 19.3 Å². The van der Waals surface area contributed by atoms with Gasteiger partial charge in [0, 0.05) is 52.5 Å². The van der Waals surface area contributed by atoms with Crippen LogP contribution in [0.25, 0.3) is 0 Å². The molecule has 0 fully saturated rings. The summed E-state index contributed by atoms with van der Waals surface area (Å²) in [5, 5.41) is 0. The molecule has 4 atom stereocenters. The number of esters is 4. The van der Waals surface area contributed by atoms with Gasteiger partial charge in [-0.2, -0.15) is 0 Å².